The van der Waals surface area contributed by atoms with Crippen molar-refractivity contribution in [2.45, 2.75) is 92.1 Å². The smallest absolute Gasteiger partial charge is 0.243 e. The van der Waals surface area contributed by atoms with E-state index in [4.69, 9.17) is 9.47 Å². The van der Waals surface area contributed by atoms with E-state index in [0.717, 1.165) is 22.3 Å². The van der Waals surface area contributed by atoms with E-state index in [-0.39, 0.29) is 5.91 Å². The van der Waals surface area contributed by atoms with Gasteiger partial charge in [-0.15, -0.1) is 0 Å². The minimum atomic E-state index is -1.55. The number of ether oxygens (including phenoxy) is 2. The van der Waals surface area contributed by atoms with Gasteiger partial charge < -0.3 is 55.2 Å². The Balaban J connectivity index is 1.22. The van der Waals surface area contributed by atoms with Crippen LogP contribution in [0.5, 0.6) is 0 Å². The molecule has 13 nitrogen and oxygen atoms in total. The lowest BCUT2D eigenvalue weighted by molar-refractivity contribution is -0.214. The van der Waals surface area contributed by atoms with E-state index in [0.29, 0.717) is 49.9 Å². The van der Waals surface area contributed by atoms with Crippen molar-refractivity contribution in [1.29, 1.82) is 5.26 Å². The van der Waals surface area contributed by atoms with Crippen LogP contribution in [-0.2, 0) is 19.7 Å². The molecule has 3 heterocycles. The maximum absolute atomic E-state index is 13.3. The van der Waals surface area contributed by atoms with Crippen LogP contribution in [0.3, 0.4) is 0 Å². The number of aliphatic hydroxyl groups excluding tert-OH is 8. The molecule has 0 radical (unpaired) electrons. The molecule has 7 rings (SSSR count). The summed E-state index contributed by atoms with van der Waals surface area (Å²) >= 11 is 0. The SMILES string of the molecule is N#CC1(C(=O)N2CCC3(CC2)c2cc(C#C[C@H]4O[C@H](CO)[C@@H](O)[C@H](O)[C@@H]4O)ccc2-c2ccc(C#C[C@H]4O[C@H](CO)[C@@H](O)[C@H](O)[C@@H]4O)cc23)CC1. The number of carbonyl (C=O) groups is 1. The van der Waals surface area contributed by atoms with E-state index >= 15 is 0 Å². The van der Waals surface area contributed by atoms with Crippen molar-refractivity contribution in [3.05, 3.63) is 58.7 Å². The largest absolute Gasteiger partial charge is 0.394 e. The van der Waals surface area contributed by atoms with Gasteiger partial charge in [-0.25, -0.2) is 0 Å². The molecule has 2 aliphatic carbocycles. The first-order valence-electron chi connectivity index (χ1n) is 17.1. The first kappa shape index (κ1) is 35.5. The number of amides is 1. The number of piperidine rings is 1. The van der Waals surface area contributed by atoms with Crippen LogP contribution in [0.4, 0.5) is 0 Å². The fourth-order valence-corrected chi connectivity index (χ4v) is 7.83. The molecular formula is C38H40N2O11. The van der Waals surface area contributed by atoms with Crippen molar-refractivity contribution in [2.24, 2.45) is 5.41 Å². The normalized spacial score (nSPS) is 34.2. The van der Waals surface area contributed by atoms with Crippen LogP contribution in [0.15, 0.2) is 36.4 Å². The number of rotatable bonds is 3. The van der Waals surface area contributed by atoms with Gasteiger partial charge in [0.25, 0.3) is 0 Å². The monoisotopic (exact) mass is 700 g/mol. The molecule has 3 aliphatic heterocycles. The summed E-state index contributed by atoms with van der Waals surface area (Å²) in [5, 5.41) is 90.5. The van der Waals surface area contributed by atoms with E-state index in [2.05, 4.69) is 29.8 Å². The molecule has 1 amide bonds. The Morgan fingerprint density at radius 3 is 1.55 bits per heavy atom. The van der Waals surface area contributed by atoms with Gasteiger partial charge in [0, 0.05) is 29.6 Å². The average molecular weight is 701 g/mol. The lowest BCUT2D eigenvalue weighted by atomic mass is 9.70. The first-order valence-corrected chi connectivity index (χ1v) is 17.1. The number of nitrogens with zero attached hydrogens (tertiary/aromatic N) is 2. The fraction of sp³-hybridized carbons (Fsp3) is 0.526. The lowest BCUT2D eigenvalue weighted by Crippen LogP contribution is -2.58. The summed E-state index contributed by atoms with van der Waals surface area (Å²) in [6.45, 7) is -0.287. The quantitative estimate of drug-likeness (QED) is 0.167. The summed E-state index contributed by atoms with van der Waals surface area (Å²) in [5.74, 6) is 11.6. The third-order valence-corrected chi connectivity index (χ3v) is 11.1. The molecule has 1 spiro atoms. The summed E-state index contributed by atoms with van der Waals surface area (Å²) in [6, 6.07) is 13.7. The molecule has 2 aromatic carbocycles. The Bertz CT molecular complexity index is 1750. The lowest BCUT2D eigenvalue weighted by Gasteiger charge is -2.41. The number of hydrogen-bond acceptors (Lipinski definition) is 12. The van der Waals surface area contributed by atoms with Crippen LogP contribution in [0.25, 0.3) is 11.1 Å². The van der Waals surface area contributed by atoms with Gasteiger partial charge in [-0.2, -0.15) is 5.26 Å². The summed E-state index contributed by atoms with van der Waals surface area (Å²) in [4.78, 5) is 15.1. The number of carbonyl (C=O) groups excluding carboxylic acids is 1. The van der Waals surface area contributed by atoms with E-state index in [1.165, 1.54) is 0 Å². The summed E-state index contributed by atoms with van der Waals surface area (Å²) in [6.07, 6.45) is -11.3. The molecular weight excluding hydrogens is 660 g/mol. The number of hydrogen-bond donors (Lipinski definition) is 8. The van der Waals surface area contributed by atoms with Gasteiger partial charge in [0.2, 0.25) is 5.91 Å². The fourth-order valence-electron chi connectivity index (χ4n) is 7.83. The van der Waals surface area contributed by atoms with E-state index in [1.54, 1.807) is 4.90 Å². The van der Waals surface area contributed by atoms with E-state index < -0.39 is 85.1 Å². The van der Waals surface area contributed by atoms with Crippen LogP contribution in [-0.4, -0.2) is 139 Å². The number of likely N-dealkylation sites (tertiary alicyclic amines) is 1. The molecule has 268 valence electrons. The van der Waals surface area contributed by atoms with Crippen molar-refractivity contribution in [2.75, 3.05) is 26.3 Å². The second kappa shape index (κ2) is 13.6. The third-order valence-electron chi connectivity index (χ3n) is 11.1. The molecule has 4 fully saturated rings. The minimum absolute atomic E-state index is 0.142. The molecule has 0 aromatic heterocycles. The topological polar surface area (TPSA) is 224 Å². The van der Waals surface area contributed by atoms with Gasteiger partial charge in [-0.05, 0) is 72.2 Å². The number of nitriles is 1. The van der Waals surface area contributed by atoms with Crippen LogP contribution in [0.1, 0.15) is 47.9 Å². The van der Waals surface area contributed by atoms with Crippen molar-refractivity contribution in [3.63, 3.8) is 0 Å². The zero-order valence-electron chi connectivity index (χ0n) is 27.6. The van der Waals surface area contributed by atoms with Gasteiger partial charge >= 0.3 is 0 Å². The van der Waals surface area contributed by atoms with Crippen LogP contribution in [0, 0.1) is 40.4 Å². The summed E-state index contributed by atoms with van der Waals surface area (Å²) < 4.78 is 11.1. The molecule has 13 heteroatoms. The Labute approximate surface area is 294 Å². The van der Waals surface area contributed by atoms with Crippen molar-refractivity contribution in [3.8, 4) is 40.9 Å². The molecule has 1 saturated carbocycles. The highest BCUT2D eigenvalue weighted by Gasteiger charge is 2.54. The van der Waals surface area contributed by atoms with Gasteiger partial charge in [-0.1, -0.05) is 35.8 Å². The molecule has 0 unspecified atom stereocenters. The Hall–Kier alpha value is -3.88. The Morgan fingerprint density at radius 2 is 1.16 bits per heavy atom. The summed E-state index contributed by atoms with van der Waals surface area (Å²) in [5.41, 5.74) is 3.58. The Kier molecular flexibility index (Phi) is 9.46. The predicted octanol–water partition coefficient (Wildman–Crippen LogP) is -1.73. The van der Waals surface area contributed by atoms with E-state index in [9.17, 15) is 50.9 Å². The zero-order valence-corrected chi connectivity index (χ0v) is 27.6. The van der Waals surface area contributed by atoms with Crippen LogP contribution >= 0.6 is 0 Å². The van der Waals surface area contributed by atoms with Crippen LogP contribution < -0.4 is 0 Å². The molecule has 51 heavy (non-hydrogen) atoms. The average Bonchev–Trinajstić information content (AvgIpc) is 3.92. The predicted molar refractivity (Wildman–Crippen MR) is 177 cm³/mol. The van der Waals surface area contributed by atoms with E-state index in [1.807, 2.05) is 36.4 Å². The Morgan fingerprint density at radius 1 is 0.706 bits per heavy atom. The van der Waals surface area contributed by atoms with Gasteiger partial charge in [0.05, 0.1) is 19.3 Å². The third kappa shape index (κ3) is 6.02. The van der Waals surface area contributed by atoms with Crippen LogP contribution in [0.2, 0.25) is 0 Å². The zero-order chi connectivity index (χ0) is 36.2. The highest BCUT2D eigenvalue weighted by molar-refractivity contribution is 5.89. The summed E-state index contributed by atoms with van der Waals surface area (Å²) in [7, 11) is 0. The highest BCUT2D eigenvalue weighted by atomic mass is 16.5. The first-order chi connectivity index (χ1) is 24.5. The number of fused-ring (bicyclic) bond motifs is 5. The molecule has 3 saturated heterocycles. The number of aliphatic hydroxyl groups is 8. The molecule has 8 N–H and O–H groups in total. The van der Waals surface area contributed by atoms with Gasteiger partial charge in [0.1, 0.15) is 66.5 Å². The molecule has 5 aliphatic rings. The minimum Gasteiger partial charge on any atom is -0.394 e. The molecule has 10 atom stereocenters. The van der Waals surface area contributed by atoms with Crippen molar-refractivity contribution in [1.82, 2.24) is 4.90 Å². The second-order valence-electron chi connectivity index (χ2n) is 14.1. The second-order valence-corrected chi connectivity index (χ2v) is 14.1. The maximum Gasteiger partial charge on any atom is 0.243 e. The van der Waals surface area contributed by atoms with Crippen molar-refractivity contribution >= 4 is 5.91 Å². The standard InChI is InChI=1S/C38H40N2O11/c39-19-37(9-10-37)36(49)40-13-11-38(12-14-40)24-15-20(3-7-26-30(43)34(47)32(45)28(17-41)50-26)1-5-22(24)23-6-2-21(16-25(23)38)4-8-27-31(44)35(48)33(46)29(18-42)51-27/h1-2,5-6,15-16,26-35,41-48H,9-14,17-18H2/t26-,27-,28-,29-,30-,31-,32-,33-,34-,35-/m1/s1. The molecule has 2 aromatic rings. The maximum atomic E-state index is 13.3. The molecule has 0 bridgehead atoms. The number of benzene rings is 2. The van der Waals surface area contributed by atoms with Gasteiger partial charge in [-0.3, -0.25) is 4.79 Å². The van der Waals surface area contributed by atoms with Crippen molar-refractivity contribution < 1.29 is 55.1 Å². The van der Waals surface area contributed by atoms with Gasteiger partial charge in [0.15, 0.2) is 0 Å². The highest BCUT2D eigenvalue weighted by Crippen LogP contribution is 2.55.